The van der Waals surface area contributed by atoms with Gasteiger partial charge < -0.3 is 15.5 Å². The van der Waals surface area contributed by atoms with Crippen LogP contribution in [0.1, 0.15) is 11.3 Å². The molecule has 0 atom stereocenters. The third kappa shape index (κ3) is 3.77. The first-order chi connectivity index (χ1) is 14.0. The van der Waals surface area contributed by atoms with Crippen LogP contribution in [0.2, 0.25) is 5.02 Å². The zero-order chi connectivity index (χ0) is 20.4. The highest BCUT2D eigenvalue weighted by atomic mass is 35.5. The molecule has 1 amide bonds. The van der Waals surface area contributed by atoms with E-state index < -0.39 is 5.91 Å². The predicted molar refractivity (Wildman–Crippen MR) is 112 cm³/mol. The van der Waals surface area contributed by atoms with Crippen molar-refractivity contribution in [2.75, 3.05) is 0 Å². The van der Waals surface area contributed by atoms with E-state index >= 15 is 0 Å². The molecule has 4 aromatic rings. The minimum atomic E-state index is -0.783. The van der Waals surface area contributed by atoms with Crippen molar-refractivity contribution in [3.05, 3.63) is 76.6 Å². The highest BCUT2D eigenvalue weighted by Crippen LogP contribution is 2.33. The largest absolute Gasteiger partial charge is 0.486 e. The molecule has 3 N–H and O–H groups in total. The Morgan fingerprint density at radius 3 is 2.90 bits per heavy atom. The third-order valence-corrected chi connectivity index (χ3v) is 4.78. The lowest BCUT2D eigenvalue weighted by Gasteiger charge is -2.09. The number of hydrogen-bond acceptors (Lipinski definition) is 4. The van der Waals surface area contributed by atoms with Gasteiger partial charge in [0.15, 0.2) is 0 Å². The Balaban J connectivity index is 1.64. The summed E-state index contributed by atoms with van der Waals surface area (Å²) >= 11 is 6.35. The molecule has 2 aromatic heterocycles. The van der Waals surface area contributed by atoms with Crippen LogP contribution in [0, 0.1) is 11.3 Å². The SMILES string of the molecule is N#C/C(=C\c1c[nH]c2cc(Cl)c(OCc3ccc4ccccc4n3)cc12)C(N)=O. The minimum Gasteiger partial charge on any atom is -0.486 e. The molecule has 0 aliphatic rings. The van der Waals surface area contributed by atoms with Crippen molar-refractivity contribution in [1.82, 2.24) is 9.97 Å². The van der Waals surface area contributed by atoms with Crippen LogP contribution in [0.4, 0.5) is 0 Å². The molecular weight excluding hydrogens is 388 g/mol. The summed E-state index contributed by atoms with van der Waals surface area (Å²) in [4.78, 5) is 19.0. The number of aromatic amines is 1. The number of halogens is 1. The van der Waals surface area contributed by atoms with Gasteiger partial charge in [-0.3, -0.25) is 4.79 Å². The van der Waals surface area contributed by atoms with Gasteiger partial charge in [0.1, 0.15) is 24.0 Å². The smallest absolute Gasteiger partial charge is 0.259 e. The van der Waals surface area contributed by atoms with Gasteiger partial charge in [-0.15, -0.1) is 0 Å². The van der Waals surface area contributed by atoms with Crippen molar-refractivity contribution in [2.45, 2.75) is 6.61 Å². The van der Waals surface area contributed by atoms with Crippen molar-refractivity contribution < 1.29 is 9.53 Å². The summed E-state index contributed by atoms with van der Waals surface area (Å²) < 4.78 is 5.90. The van der Waals surface area contributed by atoms with E-state index in [1.165, 1.54) is 6.08 Å². The second-order valence-electron chi connectivity index (χ2n) is 6.39. The average molecular weight is 403 g/mol. The number of primary amides is 1. The van der Waals surface area contributed by atoms with Crippen LogP contribution in [-0.2, 0) is 11.4 Å². The molecule has 0 bridgehead atoms. The van der Waals surface area contributed by atoms with Crippen LogP contribution < -0.4 is 10.5 Å². The first-order valence-corrected chi connectivity index (χ1v) is 9.12. The fourth-order valence-corrected chi connectivity index (χ4v) is 3.25. The lowest BCUT2D eigenvalue weighted by molar-refractivity contribution is -0.114. The lowest BCUT2D eigenvalue weighted by Crippen LogP contribution is -2.12. The zero-order valence-corrected chi connectivity index (χ0v) is 15.9. The number of nitriles is 1. The number of H-pyrrole nitrogens is 1. The lowest BCUT2D eigenvalue weighted by atomic mass is 10.1. The molecule has 0 fully saturated rings. The summed E-state index contributed by atoms with van der Waals surface area (Å²) in [6, 6.07) is 17.0. The van der Waals surface area contributed by atoms with E-state index in [9.17, 15) is 4.79 Å². The molecule has 142 valence electrons. The van der Waals surface area contributed by atoms with Crippen molar-refractivity contribution >= 4 is 45.4 Å². The van der Waals surface area contributed by atoms with E-state index in [-0.39, 0.29) is 12.2 Å². The van der Waals surface area contributed by atoms with E-state index in [1.54, 1.807) is 24.4 Å². The van der Waals surface area contributed by atoms with Gasteiger partial charge in [0.05, 0.1) is 16.2 Å². The maximum atomic E-state index is 11.3. The molecule has 0 aliphatic heterocycles. The molecule has 2 aromatic carbocycles. The second-order valence-corrected chi connectivity index (χ2v) is 6.80. The Morgan fingerprint density at radius 2 is 2.10 bits per heavy atom. The molecule has 7 heteroatoms. The molecule has 0 unspecified atom stereocenters. The third-order valence-electron chi connectivity index (χ3n) is 4.48. The number of rotatable bonds is 5. The van der Waals surface area contributed by atoms with E-state index in [2.05, 4.69) is 9.97 Å². The molecule has 2 heterocycles. The highest BCUT2D eigenvalue weighted by molar-refractivity contribution is 6.32. The standard InChI is InChI=1S/C22H15ClN4O2/c23-18-9-20-17(15(11-26-20)7-14(10-24)22(25)28)8-21(18)29-12-16-6-5-13-3-1-2-4-19(13)27-16/h1-9,11,26H,12H2,(H2,25,28)/b14-7+. The predicted octanol–water partition coefficient (Wildman–Crippen LogP) is 4.34. The summed E-state index contributed by atoms with van der Waals surface area (Å²) in [5.74, 6) is -0.310. The van der Waals surface area contributed by atoms with Crippen molar-refractivity contribution in [2.24, 2.45) is 5.73 Å². The maximum Gasteiger partial charge on any atom is 0.259 e. The van der Waals surface area contributed by atoms with E-state index in [1.807, 2.05) is 36.4 Å². The molecule has 0 aliphatic carbocycles. The number of nitrogens with two attached hydrogens (primary N) is 1. The quantitative estimate of drug-likeness (QED) is 0.382. The molecule has 0 radical (unpaired) electrons. The van der Waals surface area contributed by atoms with Crippen molar-refractivity contribution in [3.8, 4) is 11.8 Å². The maximum absolute atomic E-state index is 11.3. The minimum absolute atomic E-state index is 0.135. The zero-order valence-electron chi connectivity index (χ0n) is 15.1. The number of aromatic nitrogens is 2. The first-order valence-electron chi connectivity index (χ1n) is 8.75. The highest BCUT2D eigenvalue weighted by Gasteiger charge is 2.11. The van der Waals surface area contributed by atoms with Gasteiger partial charge in [0.25, 0.3) is 5.91 Å². The van der Waals surface area contributed by atoms with E-state index in [4.69, 9.17) is 27.3 Å². The summed E-state index contributed by atoms with van der Waals surface area (Å²) in [5, 5.41) is 11.3. The van der Waals surface area contributed by atoms with Crippen molar-refractivity contribution in [3.63, 3.8) is 0 Å². The Morgan fingerprint density at radius 1 is 1.28 bits per heavy atom. The van der Waals surface area contributed by atoms with Gasteiger partial charge >= 0.3 is 0 Å². The number of pyridine rings is 1. The number of hydrogen-bond donors (Lipinski definition) is 2. The Kier molecular flexibility index (Phi) is 4.90. The van der Waals surface area contributed by atoms with Gasteiger partial charge in [-0.1, -0.05) is 35.9 Å². The van der Waals surface area contributed by atoms with E-state index in [0.29, 0.717) is 16.3 Å². The summed E-state index contributed by atoms with van der Waals surface area (Å²) in [7, 11) is 0. The van der Waals surface area contributed by atoms with Crippen LogP contribution in [0.5, 0.6) is 5.75 Å². The number of amides is 1. The van der Waals surface area contributed by atoms with Crippen LogP contribution in [0.3, 0.4) is 0 Å². The number of carbonyl (C=O) groups excluding carboxylic acids is 1. The second kappa shape index (κ2) is 7.66. The van der Waals surface area contributed by atoms with Gasteiger partial charge in [0, 0.05) is 28.0 Å². The summed E-state index contributed by atoms with van der Waals surface area (Å²) in [6.07, 6.45) is 3.11. The monoisotopic (exact) mass is 402 g/mol. The Bertz CT molecular complexity index is 1320. The summed E-state index contributed by atoms with van der Waals surface area (Å²) in [6.45, 7) is 0.246. The first kappa shape index (κ1) is 18.5. The van der Waals surface area contributed by atoms with Gasteiger partial charge in [0.2, 0.25) is 0 Å². The molecule has 6 nitrogen and oxygen atoms in total. The summed E-state index contributed by atoms with van der Waals surface area (Å²) in [5.41, 5.74) is 8.14. The van der Waals surface area contributed by atoms with Gasteiger partial charge in [-0.05, 0) is 30.3 Å². The molecule has 0 saturated carbocycles. The van der Waals surface area contributed by atoms with Crippen LogP contribution >= 0.6 is 11.6 Å². The van der Waals surface area contributed by atoms with Gasteiger partial charge in [-0.2, -0.15) is 5.26 Å². The molecule has 29 heavy (non-hydrogen) atoms. The number of ether oxygens (including phenoxy) is 1. The van der Waals surface area contributed by atoms with Crippen LogP contribution in [0.25, 0.3) is 27.9 Å². The topological polar surface area (TPSA) is 105 Å². The molecule has 0 spiro atoms. The number of nitrogens with zero attached hydrogens (tertiary/aromatic N) is 2. The van der Waals surface area contributed by atoms with Crippen LogP contribution in [0.15, 0.2) is 60.3 Å². The average Bonchev–Trinajstić information content (AvgIpc) is 3.11. The number of para-hydroxylation sites is 1. The Hall–Kier alpha value is -3.82. The van der Waals surface area contributed by atoms with Crippen LogP contribution in [-0.4, -0.2) is 15.9 Å². The fraction of sp³-hybridized carbons (Fsp3) is 0.0455. The van der Waals surface area contributed by atoms with Crippen molar-refractivity contribution in [1.29, 1.82) is 5.26 Å². The molecule has 4 rings (SSSR count). The molecule has 0 saturated heterocycles. The number of nitrogens with one attached hydrogen (secondary N) is 1. The molecular formula is C22H15ClN4O2. The number of benzene rings is 2. The number of carbonyl (C=O) groups is 1. The number of fused-ring (bicyclic) bond motifs is 2. The fourth-order valence-electron chi connectivity index (χ4n) is 3.03. The van der Waals surface area contributed by atoms with Gasteiger partial charge in [-0.25, -0.2) is 4.98 Å². The Labute approximate surface area is 171 Å². The van der Waals surface area contributed by atoms with E-state index in [0.717, 1.165) is 27.5 Å². The normalized spacial score (nSPS) is 11.5.